The van der Waals surface area contributed by atoms with Crippen LogP contribution in [-0.4, -0.2) is 15.8 Å². The second-order valence-electron chi connectivity index (χ2n) is 4.69. The molecule has 1 aromatic carbocycles. The highest BCUT2D eigenvalue weighted by Crippen LogP contribution is 2.33. The van der Waals surface area contributed by atoms with Gasteiger partial charge in [-0.1, -0.05) is 6.07 Å². The van der Waals surface area contributed by atoms with Gasteiger partial charge >= 0.3 is 11.0 Å². The van der Waals surface area contributed by atoms with E-state index in [-0.39, 0.29) is 22.6 Å². The number of benzene rings is 1. The fourth-order valence-corrected chi connectivity index (χ4v) is 2.66. The lowest BCUT2D eigenvalue weighted by Crippen LogP contribution is -2.18. The van der Waals surface area contributed by atoms with Gasteiger partial charge in [-0.25, -0.2) is 4.39 Å². The van der Waals surface area contributed by atoms with E-state index in [1.807, 2.05) is 4.98 Å². The van der Waals surface area contributed by atoms with Crippen LogP contribution in [-0.2, 0) is 12.7 Å². The number of alkyl halides is 3. The number of hydrogen-bond acceptors (Lipinski definition) is 5. The SMILES string of the molecule is C/C(=N\Cc1c(F)cccc1C(F)(F)F)c1c(O)[nH]c(=O)sc1=O. The standard InChI is InChI=1S/C14H10F4N2O3S/c1-6(10-11(21)20-13(23)24-12(10)22)19-5-7-8(14(16,17)18)3-2-4-9(7)15/h2-4,21H,5H2,1H3,(H,20,23)/b19-6+. The molecule has 128 valence electrons. The maximum Gasteiger partial charge on any atom is 0.416 e. The summed E-state index contributed by atoms with van der Waals surface area (Å²) in [6.07, 6.45) is -4.76. The van der Waals surface area contributed by atoms with Gasteiger partial charge in [-0.15, -0.1) is 0 Å². The molecule has 0 saturated heterocycles. The molecule has 0 aliphatic heterocycles. The summed E-state index contributed by atoms with van der Waals surface area (Å²) in [4.78, 5) is 27.7. The normalized spacial score (nSPS) is 12.5. The summed E-state index contributed by atoms with van der Waals surface area (Å²) in [5.41, 5.74) is -2.31. The van der Waals surface area contributed by atoms with Crippen LogP contribution in [0.4, 0.5) is 17.6 Å². The van der Waals surface area contributed by atoms with E-state index < -0.39 is 45.2 Å². The Kier molecular flexibility index (Phi) is 4.88. The van der Waals surface area contributed by atoms with Gasteiger partial charge in [0.05, 0.1) is 12.1 Å². The molecule has 10 heteroatoms. The first-order chi connectivity index (χ1) is 11.1. The lowest BCUT2D eigenvalue weighted by atomic mass is 10.1. The number of nitrogens with one attached hydrogen (secondary N) is 1. The number of nitrogens with zero attached hydrogens (tertiary/aromatic N) is 1. The number of halogens is 4. The van der Waals surface area contributed by atoms with Crippen molar-refractivity contribution in [3.05, 3.63) is 59.9 Å². The third kappa shape index (κ3) is 3.70. The van der Waals surface area contributed by atoms with Gasteiger partial charge < -0.3 is 5.11 Å². The van der Waals surface area contributed by atoms with E-state index in [0.29, 0.717) is 0 Å². The fraction of sp³-hybridized carbons (Fsp3) is 0.214. The Hall–Kier alpha value is -2.49. The largest absolute Gasteiger partial charge is 0.494 e. The molecular formula is C14H10F4N2O3S. The van der Waals surface area contributed by atoms with E-state index >= 15 is 0 Å². The molecule has 0 aliphatic rings. The summed E-state index contributed by atoms with van der Waals surface area (Å²) >= 11 is 0.272. The van der Waals surface area contributed by atoms with Crippen molar-refractivity contribution in [2.45, 2.75) is 19.6 Å². The first kappa shape index (κ1) is 17.9. The van der Waals surface area contributed by atoms with Crippen LogP contribution < -0.4 is 9.62 Å². The summed E-state index contributed by atoms with van der Waals surface area (Å²) in [7, 11) is 0. The molecule has 24 heavy (non-hydrogen) atoms. The predicted octanol–water partition coefficient (Wildman–Crippen LogP) is 2.67. The molecule has 0 spiro atoms. The summed E-state index contributed by atoms with van der Waals surface area (Å²) in [5, 5.41) is 9.59. The van der Waals surface area contributed by atoms with E-state index in [9.17, 15) is 32.3 Å². The number of hydrogen-bond donors (Lipinski definition) is 2. The molecule has 2 aromatic rings. The molecule has 1 aromatic heterocycles. The van der Waals surface area contributed by atoms with Crippen LogP contribution in [0.2, 0.25) is 0 Å². The number of H-pyrrole nitrogens is 1. The average Bonchev–Trinajstić information content (AvgIpc) is 2.43. The summed E-state index contributed by atoms with van der Waals surface area (Å²) in [5.74, 6) is -1.83. The molecule has 0 unspecified atom stereocenters. The molecule has 0 atom stereocenters. The van der Waals surface area contributed by atoms with E-state index in [2.05, 4.69) is 4.99 Å². The number of aromatic hydroxyl groups is 1. The molecule has 0 amide bonds. The zero-order valence-corrected chi connectivity index (χ0v) is 12.9. The predicted molar refractivity (Wildman–Crippen MR) is 80.2 cm³/mol. The minimum atomic E-state index is -4.76. The molecule has 0 radical (unpaired) electrons. The van der Waals surface area contributed by atoms with Gasteiger partial charge in [0, 0.05) is 11.3 Å². The van der Waals surface area contributed by atoms with Crippen molar-refractivity contribution in [3.8, 4) is 5.88 Å². The fourth-order valence-electron chi connectivity index (χ4n) is 2.00. The molecule has 0 fully saturated rings. The lowest BCUT2D eigenvalue weighted by Gasteiger charge is -2.12. The molecule has 0 bridgehead atoms. The minimum Gasteiger partial charge on any atom is -0.494 e. The van der Waals surface area contributed by atoms with E-state index in [1.165, 1.54) is 6.92 Å². The molecule has 1 heterocycles. The van der Waals surface area contributed by atoms with E-state index in [1.54, 1.807) is 0 Å². The Morgan fingerprint density at radius 2 is 2.00 bits per heavy atom. The van der Waals surface area contributed by atoms with Crippen molar-refractivity contribution in [1.29, 1.82) is 0 Å². The molecule has 0 saturated carbocycles. The molecule has 5 nitrogen and oxygen atoms in total. The topological polar surface area (TPSA) is 82.5 Å². The van der Waals surface area contributed by atoms with Crippen molar-refractivity contribution in [2.75, 3.05) is 0 Å². The van der Waals surface area contributed by atoms with Crippen LogP contribution >= 0.6 is 11.3 Å². The van der Waals surface area contributed by atoms with Crippen molar-refractivity contribution < 1.29 is 22.7 Å². The highest BCUT2D eigenvalue weighted by molar-refractivity contribution is 7.06. The zero-order chi connectivity index (χ0) is 18.1. The third-order valence-corrected chi connectivity index (χ3v) is 3.78. The monoisotopic (exact) mass is 362 g/mol. The van der Waals surface area contributed by atoms with Gasteiger partial charge in [0.1, 0.15) is 11.4 Å². The van der Waals surface area contributed by atoms with Crippen LogP contribution in [0.15, 0.2) is 32.8 Å². The van der Waals surface area contributed by atoms with Gasteiger partial charge in [0.2, 0.25) is 5.88 Å². The van der Waals surface area contributed by atoms with Crippen LogP contribution in [0.1, 0.15) is 23.6 Å². The second kappa shape index (κ2) is 6.56. The lowest BCUT2D eigenvalue weighted by molar-refractivity contribution is -0.138. The number of aliphatic imine (C=N–C) groups is 1. The second-order valence-corrected chi connectivity index (χ2v) is 5.64. The Morgan fingerprint density at radius 1 is 1.33 bits per heavy atom. The number of aromatic amines is 1. The molecular weight excluding hydrogens is 352 g/mol. The first-order valence-corrected chi connectivity index (χ1v) is 7.25. The van der Waals surface area contributed by atoms with Crippen LogP contribution in [0.3, 0.4) is 0 Å². The Labute approximate surface area is 135 Å². The van der Waals surface area contributed by atoms with Crippen LogP contribution in [0.5, 0.6) is 5.88 Å². The third-order valence-electron chi connectivity index (χ3n) is 3.11. The Bertz CT molecular complexity index is 915. The smallest absolute Gasteiger partial charge is 0.416 e. The molecule has 2 rings (SSSR count). The van der Waals surface area contributed by atoms with Crippen molar-refractivity contribution in [1.82, 2.24) is 4.98 Å². The minimum absolute atomic E-state index is 0.124. The average molecular weight is 362 g/mol. The maximum atomic E-state index is 13.7. The van der Waals surface area contributed by atoms with E-state index in [0.717, 1.165) is 18.2 Å². The Balaban J connectivity index is 2.46. The molecule has 0 aliphatic carbocycles. The van der Waals surface area contributed by atoms with Crippen LogP contribution in [0.25, 0.3) is 0 Å². The summed E-state index contributed by atoms with van der Waals surface area (Å²) in [6.45, 7) is 0.575. The van der Waals surface area contributed by atoms with Crippen LogP contribution in [0, 0.1) is 5.82 Å². The highest BCUT2D eigenvalue weighted by Gasteiger charge is 2.34. The van der Waals surface area contributed by atoms with Crippen molar-refractivity contribution >= 4 is 17.0 Å². The molecule has 2 N–H and O–H groups in total. The van der Waals surface area contributed by atoms with E-state index in [4.69, 9.17) is 0 Å². The van der Waals surface area contributed by atoms with Gasteiger partial charge in [-0.2, -0.15) is 13.2 Å². The van der Waals surface area contributed by atoms with Gasteiger partial charge in [-0.3, -0.25) is 19.6 Å². The maximum absolute atomic E-state index is 13.7. The van der Waals surface area contributed by atoms with Gasteiger partial charge in [0.15, 0.2) is 0 Å². The summed E-state index contributed by atoms with van der Waals surface area (Å²) in [6, 6.07) is 2.53. The Morgan fingerprint density at radius 3 is 2.58 bits per heavy atom. The number of aromatic nitrogens is 1. The van der Waals surface area contributed by atoms with Crippen molar-refractivity contribution in [3.63, 3.8) is 0 Å². The highest BCUT2D eigenvalue weighted by atomic mass is 32.1. The quantitative estimate of drug-likeness (QED) is 0.651. The summed E-state index contributed by atoms with van der Waals surface area (Å²) < 4.78 is 51.6. The van der Waals surface area contributed by atoms with Gasteiger partial charge in [-0.05, 0) is 30.4 Å². The zero-order valence-electron chi connectivity index (χ0n) is 12.1. The van der Waals surface area contributed by atoms with Gasteiger partial charge in [0.25, 0.3) is 4.74 Å². The van der Waals surface area contributed by atoms with Crippen molar-refractivity contribution in [2.24, 2.45) is 4.99 Å². The number of rotatable bonds is 3. The first-order valence-electron chi connectivity index (χ1n) is 6.43.